The van der Waals surface area contributed by atoms with E-state index in [-0.39, 0.29) is 17.9 Å². The van der Waals surface area contributed by atoms with Crippen molar-refractivity contribution in [2.75, 3.05) is 39.3 Å². The van der Waals surface area contributed by atoms with Gasteiger partial charge in [0.2, 0.25) is 11.8 Å². The number of carbonyl (C=O) groups excluding carboxylic acids is 2. The van der Waals surface area contributed by atoms with Gasteiger partial charge in [0.15, 0.2) is 0 Å². The number of rotatable bonds is 6. The van der Waals surface area contributed by atoms with Crippen LogP contribution in [0.2, 0.25) is 0 Å². The van der Waals surface area contributed by atoms with Gasteiger partial charge < -0.3 is 15.0 Å². The average Bonchev–Trinajstić information content (AvgIpc) is 2.58. The highest BCUT2D eigenvalue weighted by Crippen LogP contribution is 2.12. The minimum Gasteiger partial charge on any atom is -0.492 e. The van der Waals surface area contributed by atoms with Crippen LogP contribution in [0.1, 0.15) is 19.4 Å². The van der Waals surface area contributed by atoms with Gasteiger partial charge in [0.25, 0.3) is 0 Å². The maximum absolute atomic E-state index is 12.2. The summed E-state index contributed by atoms with van der Waals surface area (Å²) in [6, 6.07) is 7.65. The van der Waals surface area contributed by atoms with Crippen LogP contribution in [0.4, 0.5) is 0 Å². The third-order valence-corrected chi connectivity index (χ3v) is 4.35. The highest BCUT2D eigenvalue weighted by atomic mass is 16.5. The molecule has 1 aromatic rings. The van der Waals surface area contributed by atoms with Crippen molar-refractivity contribution in [3.63, 3.8) is 0 Å². The van der Waals surface area contributed by atoms with Crippen LogP contribution < -0.4 is 10.1 Å². The lowest BCUT2D eigenvalue weighted by molar-refractivity contribution is -0.132. The molecule has 24 heavy (non-hydrogen) atoms. The van der Waals surface area contributed by atoms with E-state index in [0.717, 1.165) is 24.4 Å². The number of ether oxygens (including phenoxy) is 1. The second-order valence-electron chi connectivity index (χ2n) is 6.17. The van der Waals surface area contributed by atoms with Crippen LogP contribution in [0.3, 0.4) is 0 Å². The van der Waals surface area contributed by atoms with Crippen molar-refractivity contribution in [3.05, 3.63) is 29.8 Å². The van der Waals surface area contributed by atoms with Crippen LogP contribution >= 0.6 is 0 Å². The summed E-state index contributed by atoms with van der Waals surface area (Å²) >= 11 is 0. The molecule has 1 aromatic carbocycles. The normalized spacial score (nSPS) is 16.5. The van der Waals surface area contributed by atoms with Gasteiger partial charge in [-0.25, -0.2) is 0 Å². The predicted molar refractivity (Wildman–Crippen MR) is 93.0 cm³/mol. The summed E-state index contributed by atoms with van der Waals surface area (Å²) in [5.74, 6) is 0.914. The topological polar surface area (TPSA) is 61.9 Å². The fourth-order valence-corrected chi connectivity index (χ4v) is 2.79. The largest absolute Gasteiger partial charge is 0.492 e. The van der Waals surface area contributed by atoms with Crippen LogP contribution in [0.15, 0.2) is 24.3 Å². The van der Waals surface area contributed by atoms with Gasteiger partial charge in [-0.3, -0.25) is 14.5 Å². The molecular formula is C18H27N3O3. The van der Waals surface area contributed by atoms with Gasteiger partial charge in [0.1, 0.15) is 12.4 Å². The van der Waals surface area contributed by atoms with Crippen LogP contribution in [0.5, 0.6) is 5.75 Å². The fraction of sp³-hybridized carbons (Fsp3) is 0.556. The zero-order chi connectivity index (χ0) is 17.5. The molecule has 2 amide bonds. The number of hydrogen-bond acceptors (Lipinski definition) is 4. The van der Waals surface area contributed by atoms with E-state index in [1.807, 2.05) is 43.0 Å². The number of benzene rings is 1. The summed E-state index contributed by atoms with van der Waals surface area (Å²) in [4.78, 5) is 27.5. The van der Waals surface area contributed by atoms with Crippen molar-refractivity contribution >= 4 is 11.8 Å². The SMILES string of the molecule is CC(=O)N1CCN(C(C)C(=O)NCCOc2cccc(C)c2)CC1. The molecule has 1 fully saturated rings. The van der Waals surface area contributed by atoms with E-state index >= 15 is 0 Å². The van der Waals surface area contributed by atoms with E-state index in [0.29, 0.717) is 26.2 Å². The van der Waals surface area contributed by atoms with Crippen LogP contribution in [-0.4, -0.2) is 67.0 Å². The third-order valence-electron chi connectivity index (χ3n) is 4.35. The number of nitrogens with one attached hydrogen (secondary N) is 1. The molecule has 0 saturated carbocycles. The predicted octanol–water partition coefficient (Wildman–Crippen LogP) is 1.04. The lowest BCUT2D eigenvalue weighted by Gasteiger charge is -2.37. The first-order chi connectivity index (χ1) is 11.5. The van der Waals surface area contributed by atoms with E-state index < -0.39 is 0 Å². The van der Waals surface area contributed by atoms with Crippen molar-refractivity contribution in [3.8, 4) is 5.75 Å². The Kier molecular flexibility index (Phi) is 6.61. The van der Waals surface area contributed by atoms with Crippen LogP contribution in [-0.2, 0) is 9.59 Å². The van der Waals surface area contributed by atoms with Crippen molar-refractivity contribution in [1.29, 1.82) is 0 Å². The summed E-state index contributed by atoms with van der Waals surface area (Å²) in [5.41, 5.74) is 1.15. The molecule has 1 N–H and O–H groups in total. The Morgan fingerprint density at radius 2 is 1.96 bits per heavy atom. The maximum Gasteiger partial charge on any atom is 0.237 e. The molecule has 1 heterocycles. The van der Waals surface area contributed by atoms with Gasteiger partial charge in [-0.15, -0.1) is 0 Å². The molecule has 1 saturated heterocycles. The van der Waals surface area contributed by atoms with Crippen molar-refractivity contribution in [1.82, 2.24) is 15.1 Å². The second kappa shape index (κ2) is 8.68. The fourth-order valence-electron chi connectivity index (χ4n) is 2.79. The molecule has 0 aliphatic carbocycles. The summed E-state index contributed by atoms with van der Waals surface area (Å²) < 4.78 is 5.63. The maximum atomic E-state index is 12.2. The lowest BCUT2D eigenvalue weighted by atomic mass is 10.2. The Labute approximate surface area is 143 Å². The Bertz CT molecular complexity index is 568. The molecule has 132 valence electrons. The molecule has 0 bridgehead atoms. The molecule has 2 rings (SSSR count). The lowest BCUT2D eigenvalue weighted by Crippen LogP contribution is -2.54. The quantitative estimate of drug-likeness (QED) is 0.790. The molecule has 1 aliphatic rings. The Morgan fingerprint density at radius 1 is 1.25 bits per heavy atom. The number of amides is 2. The molecule has 1 atom stereocenters. The minimum atomic E-state index is -0.196. The molecule has 6 nitrogen and oxygen atoms in total. The molecule has 0 radical (unpaired) electrons. The van der Waals surface area contributed by atoms with Gasteiger partial charge in [-0.1, -0.05) is 12.1 Å². The molecule has 1 aliphatic heterocycles. The van der Waals surface area contributed by atoms with Crippen LogP contribution in [0.25, 0.3) is 0 Å². The zero-order valence-corrected chi connectivity index (χ0v) is 14.7. The van der Waals surface area contributed by atoms with Gasteiger partial charge in [0.05, 0.1) is 12.6 Å². The van der Waals surface area contributed by atoms with Crippen molar-refractivity contribution in [2.45, 2.75) is 26.8 Å². The number of carbonyl (C=O) groups is 2. The molecule has 0 aromatic heterocycles. The first kappa shape index (κ1) is 18.3. The third kappa shape index (κ3) is 5.23. The summed E-state index contributed by atoms with van der Waals surface area (Å²) in [6.07, 6.45) is 0. The van der Waals surface area contributed by atoms with Gasteiger partial charge >= 0.3 is 0 Å². The van der Waals surface area contributed by atoms with Crippen molar-refractivity contribution in [2.24, 2.45) is 0 Å². The zero-order valence-electron chi connectivity index (χ0n) is 14.7. The molecule has 0 spiro atoms. The van der Waals surface area contributed by atoms with E-state index in [1.54, 1.807) is 6.92 Å². The molecular weight excluding hydrogens is 306 g/mol. The Morgan fingerprint density at radius 3 is 2.58 bits per heavy atom. The summed E-state index contributed by atoms with van der Waals surface area (Å²) in [7, 11) is 0. The number of hydrogen-bond donors (Lipinski definition) is 1. The number of piperazine rings is 1. The standard InChI is InChI=1S/C18H27N3O3/c1-14-5-4-6-17(13-14)24-12-7-19-18(23)15(2)20-8-10-21(11-9-20)16(3)22/h4-6,13,15H,7-12H2,1-3H3,(H,19,23). The van der Waals surface area contributed by atoms with Gasteiger partial charge in [0, 0.05) is 33.1 Å². The Balaban J connectivity index is 1.68. The van der Waals surface area contributed by atoms with Gasteiger partial charge in [-0.05, 0) is 31.5 Å². The number of nitrogens with zero attached hydrogens (tertiary/aromatic N) is 2. The van der Waals surface area contributed by atoms with Crippen LogP contribution in [0, 0.1) is 6.92 Å². The molecule has 6 heteroatoms. The number of aryl methyl sites for hydroxylation is 1. The summed E-state index contributed by atoms with van der Waals surface area (Å²) in [6.45, 7) is 9.25. The first-order valence-corrected chi connectivity index (χ1v) is 8.44. The van der Waals surface area contributed by atoms with Gasteiger partial charge in [-0.2, -0.15) is 0 Å². The smallest absolute Gasteiger partial charge is 0.237 e. The van der Waals surface area contributed by atoms with E-state index in [9.17, 15) is 9.59 Å². The highest BCUT2D eigenvalue weighted by Gasteiger charge is 2.26. The Hall–Kier alpha value is -2.08. The van der Waals surface area contributed by atoms with E-state index in [1.165, 1.54) is 0 Å². The minimum absolute atomic E-state index is 0.000817. The van der Waals surface area contributed by atoms with E-state index in [2.05, 4.69) is 10.2 Å². The molecule has 1 unspecified atom stereocenters. The van der Waals surface area contributed by atoms with Crippen molar-refractivity contribution < 1.29 is 14.3 Å². The first-order valence-electron chi connectivity index (χ1n) is 8.44. The average molecular weight is 333 g/mol. The second-order valence-corrected chi connectivity index (χ2v) is 6.17. The van der Waals surface area contributed by atoms with E-state index in [4.69, 9.17) is 4.74 Å². The summed E-state index contributed by atoms with van der Waals surface area (Å²) in [5, 5.41) is 2.91. The monoisotopic (exact) mass is 333 g/mol. The highest BCUT2D eigenvalue weighted by molar-refractivity contribution is 5.81.